The van der Waals surface area contributed by atoms with Gasteiger partial charge < -0.3 is 10.1 Å². The highest BCUT2D eigenvalue weighted by Crippen LogP contribution is 2.26. The number of nitrogens with one attached hydrogen (secondary N) is 1. The van der Waals surface area contributed by atoms with Crippen LogP contribution in [0.15, 0.2) is 36.4 Å². The lowest BCUT2D eigenvalue weighted by atomic mass is 10.00. The average molecular weight is 273 g/mol. The zero-order valence-corrected chi connectivity index (χ0v) is 11.1. The lowest BCUT2D eigenvalue weighted by Gasteiger charge is -2.17. The van der Waals surface area contributed by atoms with Gasteiger partial charge in [0.1, 0.15) is 5.75 Å². The molecule has 0 aliphatic rings. The Bertz CT molecular complexity index is 412. The van der Waals surface area contributed by atoms with Crippen molar-refractivity contribution in [2.75, 3.05) is 7.05 Å². The number of allylic oxidation sites excluding steroid dienone is 1. The quantitative estimate of drug-likeness (QED) is 0.784. The Morgan fingerprint density at radius 3 is 2.32 bits per heavy atom. The summed E-state index contributed by atoms with van der Waals surface area (Å²) in [6.07, 6.45) is -2.93. The molecule has 0 amide bonds. The zero-order chi connectivity index (χ0) is 14.5. The molecule has 1 N–H and O–H groups in total. The summed E-state index contributed by atoms with van der Waals surface area (Å²) in [7, 11) is 1.82. The van der Waals surface area contributed by atoms with Crippen LogP contribution < -0.4 is 10.1 Å². The van der Waals surface area contributed by atoms with E-state index >= 15 is 0 Å². The summed E-state index contributed by atoms with van der Waals surface area (Å²) in [4.78, 5) is 0. The molecule has 1 aromatic carbocycles. The van der Waals surface area contributed by atoms with E-state index in [2.05, 4.69) is 16.6 Å². The van der Waals surface area contributed by atoms with Gasteiger partial charge in [0, 0.05) is 6.04 Å². The molecule has 5 heteroatoms. The summed E-state index contributed by atoms with van der Waals surface area (Å²) >= 11 is 0. The number of alkyl halides is 3. The van der Waals surface area contributed by atoms with Crippen LogP contribution in [0, 0.1) is 0 Å². The van der Waals surface area contributed by atoms with E-state index in [1.54, 1.807) is 12.1 Å². The maximum atomic E-state index is 12.0. The minimum atomic E-state index is -4.65. The van der Waals surface area contributed by atoms with Gasteiger partial charge in [-0.15, -0.1) is 19.8 Å². The smallest absolute Gasteiger partial charge is 0.406 e. The van der Waals surface area contributed by atoms with Gasteiger partial charge >= 0.3 is 6.36 Å². The number of rotatable bonds is 6. The van der Waals surface area contributed by atoms with Gasteiger partial charge in [-0.3, -0.25) is 0 Å². The summed E-state index contributed by atoms with van der Waals surface area (Å²) < 4.78 is 39.9. The van der Waals surface area contributed by atoms with Crippen molar-refractivity contribution in [2.45, 2.75) is 32.2 Å². The second-order valence-electron chi connectivity index (χ2n) is 4.45. The second-order valence-corrected chi connectivity index (χ2v) is 4.45. The molecule has 1 atom stereocenters. The standard InChI is InChI=1S/C14H18F3NO/c1-10(2)4-9-13(18-3)11-5-7-12(8-6-11)19-14(15,16)17/h5-8,13,18H,1,4,9H2,2-3H3. The van der Waals surface area contributed by atoms with E-state index in [1.807, 2.05) is 14.0 Å². The maximum Gasteiger partial charge on any atom is 0.573 e. The highest BCUT2D eigenvalue weighted by molar-refractivity contribution is 5.29. The Morgan fingerprint density at radius 2 is 1.89 bits per heavy atom. The SMILES string of the molecule is C=C(C)CCC(NC)c1ccc(OC(F)(F)F)cc1. The van der Waals surface area contributed by atoms with E-state index in [0.29, 0.717) is 0 Å². The highest BCUT2D eigenvalue weighted by atomic mass is 19.4. The largest absolute Gasteiger partial charge is 0.573 e. The van der Waals surface area contributed by atoms with Gasteiger partial charge in [0.2, 0.25) is 0 Å². The van der Waals surface area contributed by atoms with Crippen LogP contribution in [0.1, 0.15) is 31.4 Å². The van der Waals surface area contributed by atoms with Crippen LogP contribution in [-0.2, 0) is 0 Å². The van der Waals surface area contributed by atoms with Crippen LogP contribution in [0.4, 0.5) is 13.2 Å². The first-order chi connectivity index (χ1) is 8.81. The Labute approximate surface area is 111 Å². The molecule has 0 aliphatic carbocycles. The van der Waals surface area contributed by atoms with Crippen LogP contribution in [0.2, 0.25) is 0 Å². The molecule has 0 aliphatic heterocycles. The molecule has 1 rings (SSSR count). The third kappa shape index (κ3) is 5.79. The highest BCUT2D eigenvalue weighted by Gasteiger charge is 2.31. The van der Waals surface area contributed by atoms with Crippen LogP contribution in [0.5, 0.6) is 5.75 Å². The minimum absolute atomic E-state index is 0.0941. The molecule has 0 aromatic heterocycles. The lowest BCUT2D eigenvalue weighted by molar-refractivity contribution is -0.274. The Kier molecular flexibility index (Phi) is 5.42. The summed E-state index contributed by atoms with van der Waals surface area (Å²) in [5.74, 6) is -0.203. The molecule has 19 heavy (non-hydrogen) atoms. The monoisotopic (exact) mass is 273 g/mol. The second kappa shape index (κ2) is 6.61. The molecule has 0 saturated carbocycles. The van der Waals surface area contributed by atoms with Crippen molar-refractivity contribution in [1.29, 1.82) is 0 Å². The molecule has 1 aromatic rings. The fourth-order valence-electron chi connectivity index (χ4n) is 1.77. The first kappa shape index (κ1) is 15.6. The minimum Gasteiger partial charge on any atom is -0.406 e. The molecule has 0 heterocycles. The van der Waals surface area contributed by atoms with Gasteiger partial charge in [0.15, 0.2) is 0 Å². The fourth-order valence-corrected chi connectivity index (χ4v) is 1.77. The third-order valence-electron chi connectivity index (χ3n) is 2.72. The van der Waals surface area contributed by atoms with Gasteiger partial charge in [-0.2, -0.15) is 0 Å². The molecule has 0 radical (unpaired) electrons. The third-order valence-corrected chi connectivity index (χ3v) is 2.72. The van der Waals surface area contributed by atoms with Gasteiger partial charge in [0.25, 0.3) is 0 Å². The molecule has 0 bridgehead atoms. The topological polar surface area (TPSA) is 21.3 Å². The van der Waals surface area contributed by atoms with E-state index in [0.717, 1.165) is 24.0 Å². The number of hydrogen-bond donors (Lipinski definition) is 1. The van der Waals surface area contributed by atoms with Gasteiger partial charge in [-0.1, -0.05) is 17.7 Å². The van der Waals surface area contributed by atoms with Crippen molar-refractivity contribution in [3.63, 3.8) is 0 Å². The van der Waals surface area contributed by atoms with E-state index < -0.39 is 6.36 Å². The summed E-state index contributed by atoms with van der Waals surface area (Å²) in [6, 6.07) is 6.03. The maximum absolute atomic E-state index is 12.0. The van der Waals surface area contributed by atoms with Crippen molar-refractivity contribution in [1.82, 2.24) is 5.32 Å². The van der Waals surface area contributed by atoms with Crippen molar-refractivity contribution in [2.24, 2.45) is 0 Å². The van der Waals surface area contributed by atoms with Crippen LogP contribution in [0.3, 0.4) is 0 Å². The Hall–Kier alpha value is -1.49. The zero-order valence-electron chi connectivity index (χ0n) is 11.1. The number of ether oxygens (including phenoxy) is 1. The van der Waals surface area contributed by atoms with E-state index in [4.69, 9.17) is 0 Å². The summed E-state index contributed by atoms with van der Waals surface area (Å²) in [6.45, 7) is 5.79. The van der Waals surface area contributed by atoms with E-state index in [1.165, 1.54) is 12.1 Å². The Morgan fingerprint density at radius 1 is 1.32 bits per heavy atom. The molecule has 1 unspecified atom stereocenters. The first-order valence-corrected chi connectivity index (χ1v) is 5.99. The molecular weight excluding hydrogens is 255 g/mol. The number of halogens is 3. The fraction of sp³-hybridized carbons (Fsp3) is 0.429. The van der Waals surface area contributed by atoms with Crippen molar-refractivity contribution < 1.29 is 17.9 Å². The van der Waals surface area contributed by atoms with E-state index in [9.17, 15) is 13.2 Å². The first-order valence-electron chi connectivity index (χ1n) is 5.99. The van der Waals surface area contributed by atoms with Crippen molar-refractivity contribution in [3.8, 4) is 5.75 Å². The van der Waals surface area contributed by atoms with Crippen LogP contribution in [-0.4, -0.2) is 13.4 Å². The summed E-state index contributed by atoms with van der Waals surface area (Å²) in [5, 5.41) is 3.14. The Balaban J connectivity index is 2.70. The van der Waals surface area contributed by atoms with E-state index in [-0.39, 0.29) is 11.8 Å². The van der Waals surface area contributed by atoms with Crippen LogP contribution in [0.25, 0.3) is 0 Å². The summed E-state index contributed by atoms with van der Waals surface area (Å²) in [5.41, 5.74) is 2.01. The molecule has 106 valence electrons. The lowest BCUT2D eigenvalue weighted by Crippen LogP contribution is -2.18. The normalized spacial score (nSPS) is 13.1. The molecule has 2 nitrogen and oxygen atoms in total. The molecule has 0 saturated heterocycles. The van der Waals surface area contributed by atoms with Crippen molar-refractivity contribution in [3.05, 3.63) is 42.0 Å². The number of hydrogen-bond acceptors (Lipinski definition) is 2. The molecular formula is C14H18F3NO. The molecule has 0 fully saturated rings. The van der Waals surface area contributed by atoms with Gasteiger partial charge in [-0.05, 0) is 44.5 Å². The van der Waals surface area contributed by atoms with Crippen molar-refractivity contribution >= 4 is 0 Å². The van der Waals surface area contributed by atoms with Crippen LogP contribution >= 0.6 is 0 Å². The average Bonchev–Trinajstić information content (AvgIpc) is 2.29. The van der Waals surface area contributed by atoms with Gasteiger partial charge in [-0.25, -0.2) is 0 Å². The number of benzene rings is 1. The predicted octanol–water partition coefficient (Wildman–Crippen LogP) is 4.20. The predicted molar refractivity (Wildman–Crippen MR) is 69.0 cm³/mol. The van der Waals surface area contributed by atoms with Gasteiger partial charge in [0.05, 0.1) is 0 Å². The molecule has 0 spiro atoms.